The lowest BCUT2D eigenvalue weighted by molar-refractivity contribution is -0.127. The fourth-order valence-corrected chi connectivity index (χ4v) is 3.64. The van der Waals surface area contributed by atoms with Gasteiger partial charge in [0.1, 0.15) is 6.54 Å². The van der Waals surface area contributed by atoms with Crippen LogP contribution in [-0.2, 0) is 20.9 Å². The van der Waals surface area contributed by atoms with Gasteiger partial charge in [0, 0.05) is 46.3 Å². The molecule has 0 spiro atoms. The zero-order valence-corrected chi connectivity index (χ0v) is 20.4. The first kappa shape index (κ1) is 24.9. The van der Waals surface area contributed by atoms with Crippen molar-refractivity contribution in [1.82, 2.24) is 15.1 Å². The molecule has 30 heavy (non-hydrogen) atoms. The van der Waals surface area contributed by atoms with Crippen molar-refractivity contribution < 1.29 is 14.3 Å². The van der Waals surface area contributed by atoms with Crippen LogP contribution in [0.15, 0.2) is 35.3 Å². The van der Waals surface area contributed by atoms with E-state index in [0.717, 1.165) is 58.1 Å². The maximum Gasteiger partial charge on any atom is 0.243 e. The Morgan fingerprint density at radius 3 is 2.80 bits per heavy atom. The molecule has 0 aromatic heterocycles. The van der Waals surface area contributed by atoms with Crippen molar-refractivity contribution in [3.8, 4) is 0 Å². The highest BCUT2D eigenvalue weighted by Crippen LogP contribution is 2.18. The summed E-state index contributed by atoms with van der Waals surface area (Å²) in [6, 6.07) is 10.3. The Hall–Kier alpha value is -1.39. The zero-order valence-electron chi connectivity index (χ0n) is 18.1. The molecule has 3 rings (SSSR count). The maximum absolute atomic E-state index is 12.0. The highest BCUT2D eigenvalue weighted by molar-refractivity contribution is 14.0. The van der Waals surface area contributed by atoms with Crippen LogP contribution in [0.4, 0.5) is 0 Å². The van der Waals surface area contributed by atoms with Gasteiger partial charge in [0.15, 0.2) is 5.96 Å². The van der Waals surface area contributed by atoms with Crippen LogP contribution in [0.25, 0.3) is 0 Å². The van der Waals surface area contributed by atoms with Gasteiger partial charge >= 0.3 is 0 Å². The molecule has 168 valence electrons. The minimum absolute atomic E-state index is 0. The lowest BCUT2D eigenvalue weighted by Gasteiger charge is -2.23. The minimum Gasteiger partial charge on any atom is -0.376 e. The predicted octanol–water partition coefficient (Wildman–Crippen LogP) is 2.36. The van der Waals surface area contributed by atoms with Gasteiger partial charge in [-0.05, 0) is 24.8 Å². The number of ether oxygens (including phenoxy) is 2. The van der Waals surface area contributed by atoms with Crippen LogP contribution in [0.5, 0.6) is 0 Å². The molecule has 0 bridgehead atoms. The second-order valence-electron chi connectivity index (χ2n) is 8.05. The van der Waals surface area contributed by atoms with Gasteiger partial charge in [-0.3, -0.25) is 4.79 Å². The van der Waals surface area contributed by atoms with Gasteiger partial charge in [-0.15, -0.1) is 24.0 Å². The molecule has 0 radical (unpaired) electrons. The summed E-state index contributed by atoms with van der Waals surface area (Å²) in [5.74, 6) is 1.28. The highest BCUT2D eigenvalue weighted by atomic mass is 127. The van der Waals surface area contributed by atoms with Gasteiger partial charge in [-0.1, -0.05) is 30.3 Å². The number of guanidine groups is 1. The third-order valence-electron chi connectivity index (χ3n) is 5.43. The molecular formula is C22H35IN4O3. The number of hydrogen-bond acceptors (Lipinski definition) is 4. The molecular weight excluding hydrogens is 495 g/mol. The van der Waals surface area contributed by atoms with Crippen LogP contribution >= 0.6 is 24.0 Å². The number of halogens is 1. The Bertz CT molecular complexity index is 666. The number of carbonyl (C=O) groups excluding carboxylic acids is 1. The lowest BCUT2D eigenvalue weighted by atomic mass is 10.1. The quantitative estimate of drug-likeness (QED) is 0.318. The zero-order chi connectivity index (χ0) is 20.5. The molecule has 7 nitrogen and oxygen atoms in total. The highest BCUT2D eigenvalue weighted by Gasteiger charge is 2.26. The summed E-state index contributed by atoms with van der Waals surface area (Å²) in [6.45, 7) is 4.93. The normalized spacial score (nSPS) is 21.4. The molecule has 2 atom stereocenters. The Kier molecular flexibility index (Phi) is 10.9. The number of aliphatic imine (C=N–C) groups is 1. The average molecular weight is 530 g/mol. The number of hydrogen-bond donors (Lipinski definition) is 1. The van der Waals surface area contributed by atoms with E-state index in [0.29, 0.717) is 12.5 Å². The molecule has 1 aromatic carbocycles. The van der Waals surface area contributed by atoms with Crippen molar-refractivity contribution in [2.75, 3.05) is 53.5 Å². The first-order valence-electron chi connectivity index (χ1n) is 10.6. The largest absolute Gasteiger partial charge is 0.376 e. The van der Waals surface area contributed by atoms with Crippen LogP contribution in [0.3, 0.4) is 0 Å². The van der Waals surface area contributed by atoms with Gasteiger partial charge in [-0.2, -0.15) is 0 Å². The monoisotopic (exact) mass is 530 g/mol. The molecule has 2 saturated heterocycles. The first-order chi connectivity index (χ1) is 14.1. The molecule has 0 saturated carbocycles. The SMILES string of the molecule is CN(C)C(=O)CN=C(NCC1CCCO1)N1CCC(COCc2ccccc2)C1.I. The second-order valence-corrected chi connectivity index (χ2v) is 8.05. The fourth-order valence-electron chi connectivity index (χ4n) is 3.64. The molecule has 1 N–H and O–H groups in total. The van der Waals surface area contributed by atoms with E-state index in [2.05, 4.69) is 27.3 Å². The summed E-state index contributed by atoms with van der Waals surface area (Å²) in [4.78, 5) is 20.4. The smallest absolute Gasteiger partial charge is 0.243 e. The molecule has 1 aromatic rings. The number of nitrogens with one attached hydrogen (secondary N) is 1. The van der Waals surface area contributed by atoms with Gasteiger partial charge in [0.25, 0.3) is 0 Å². The van der Waals surface area contributed by atoms with Crippen LogP contribution in [-0.4, -0.2) is 81.3 Å². The van der Waals surface area contributed by atoms with E-state index >= 15 is 0 Å². The van der Waals surface area contributed by atoms with Gasteiger partial charge < -0.3 is 24.6 Å². The summed E-state index contributed by atoms with van der Waals surface area (Å²) in [5.41, 5.74) is 1.20. The van der Waals surface area contributed by atoms with E-state index in [-0.39, 0.29) is 42.5 Å². The molecule has 2 fully saturated rings. The van der Waals surface area contributed by atoms with E-state index in [1.165, 1.54) is 5.56 Å². The standard InChI is InChI=1S/C22H34N4O3.HI/c1-25(2)21(27)14-24-22(23-13-20-9-6-12-29-20)26-11-10-19(15-26)17-28-16-18-7-4-3-5-8-18;/h3-5,7-8,19-20H,6,9-17H2,1-2H3,(H,23,24);1H. The number of likely N-dealkylation sites (N-methyl/N-ethyl adjacent to an activating group) is 1. The molecule has 1 amide bonds. The van der Waals surface area contributed by atoms with Crippen LogP contribution in [0, 0.1) is 5.92 Å². The van der Waals surface area contributed by atoms with Crippen molar-refractivity contribution in [2.45, 2.75) is 32.0 Å². The Morgan fingerprint density at radius 2 is 2.10 bits per heavy atom. The number of benzene rings is 1. The third-order valence-corrected chi connectivity index (χ3v) is 5.43. The van der Waals surface area contributed by atoms with E-state index in [1.54, 1.807) is 19.0 Å². The molecule has 2 unspecified atom stereocenters. The molecule has 0 aliphatic carbocycles. The molecule has 2 heterocycles. The first-order valence-corrected chi connectivity index (χ1v) is 10.6. The van der Waals surface area contributed by atoms with Crippen molar-refractivity contribution >= 4 is 35.8 Å². The predicted molar refractivity (Wildman–Crippen MR) is 129 cm³/mol. The number of nitrogens with zero attached hydrogens (tertiary/aromatic N) is 3. The number of carbonyl (C=O) groups is 1. The van der Waals surface area contributed by atoms with Gasteiger partial charge in [-0.25, -0.2) is 4.99 Å². The number of likely N-dealkylation sites (tertiary alicyclic amines) is 1. The topological polar surface area (TPSA) is 66.4 Å². The Labute approximate surface area is 197 Å². The Morgan fingerprint density at radius 1 is 1.30 bits per heavy atom. The van der Waals surface area contributed by atoms with Crippen LogP contribution in [0.1, 0.15) is 24.8 Å². The number of amides is 1. The third kappa shape index (κ3) is 8.03. The van der Waals surface area contributed by atoms with E-state index in [4.69, 9.17) is 9.47 Å². The summed E-state index contributed by atoms with van der Waals surface area (Å²) >= 11 is 0. The van der Waals surface area contributed by atoms with Crippen LogP contribution < -0.4 is 5.32 Å². The molecule has 8 heteroatoms. The van der Waals surface area contributed by atoms with Gasteiger partial charge in [0.05, 0.1) is 19.3 Å². The maximum atomic E-state index is 12.0. The minimum atomic E-state index is 0. The summed E-state index contributed by atoms with van der Waals surface area (Å²) in [7, 11) is 3.51. The second kappa shape index (κ2) is 13.1. The average Bonchev–Trinajstić information content (AvgIpc) is 3.41. The summed E-state index contributed by atoms with van der Waals surface area (Å²) in [5, 5.41) is 3.44. The van der Waals surface area contributed by atoms with Crippen molar-refractivity contribution in [3.05, 3.63) is 35.9 Å². The van der Waals surface area contributed by atoms with Crippen molar-refractivity contribution in [2.24, 2.45) is 10.9 Å². The summed E-state index contributed by atoms with van der Waals surface area (Å²) in [6.07, 6.45) is 3.49. The van der Waals surface area contributed by atoms with Crippen molar-refractivity contribution in [3.63, 3.8) is 0 Å². The van der Waals surface area contributed by atoms with Crippen molar-refractivity contribution in [1.29, 1.82) is 0 Å². The molecule has 2 aliphatic rings. The fraction of sp³-hybridized carbons (Fsp3) is 0.636. The van der Waals surface area contributed by atoms with E-state index < -0.39 is 0 Å². The van der Waals surface area contributed by atoms with Gasteiger partial charge in [0.2, 0.25) is 5.91 Å². The molecule has 2 aliphatic heterocycles. The van der Waals surface area contributed by atoms with Crippen LogP contribution in [0.2, 0.25) is 0 Å². The lowest BCUT2D eigenvalue weighted by Crippen LogP contribution is -2.44. The number of rotatable bonds is 8. The van der Waals surface area contributed by atoms with E-state index in [1.807, 2.05) is 18.2 Å². The Balaban J connectivity index is 0.00000320. The summed E-state index contributed by atoms with van der Waals surface area (Å²) < 4.78 is 11.6. The van der Waals surface area contributed by atoms with E-state index in [9.17, 15) is 4.79 Å².